The number of ether oxygens (including phenoxy) is 1. The number of hydrogen-bond acceptors (Lipinski definition) is 4. The van der Waals surface area contributed by atoms with Crippen LogP contribution in [0.1, 0.15) is 5.56 Å². The van der Waals surface area contributed by atoms with Crippen LogP contribution in [0.5, 0.6) is 0 Å². The van der Waals surface area contributed by atoms with Gasteiger partial charge in [0.25, 0.3) is 0 Å². The van der Waals surface area contributed by atoms with Crippen molar-refractivity contribution in [3.05, 3.63) is 42.5 Å². The number of halogens is 3. The number of nitrogens with zero attached hydrogens (tertiary/aromatic N) is 2. The first-order chi connectivity index (χ1) is 11.4. The Bertz CT molecular complexity index is 529. The number of aliphatic hydroxyl groups is 1. The van der Waals surface area contributed by atoms with Gasteiger partial charge in [0.2, 0.25) is 0 Å². The number of alkyl halides is 3. The van der Waals surface area contributed by atoms with E-state index in [0.717, 1.165) is 6.07 Å². The third kappa shape index (κ3) is 5.51. The molecule has 1 aromatic carbocycles. The van der Waals surface area contributed by atoms with Crippen LogP contribution < -0.4 is 4.90 Å². The number of aliphatic hydroxyl groups excluding tert-OH is 1. The number of anilines is 1. The van der Waals surface area contributed by atoms with Crippen LogP contribution in [-0.4, -0.2) is 62.0 Å². The molecule has 1 atom stereocenters. The molecule has 134 valence electrons. The van der Waals surface area contributed by atoms with E-state index in [4.69, 9.17) is 4.74 Å². The molecule has 1 fully saturated rings. The molecule has 24 heavy (non-hydrogen) atoms. The molecule has 1 unspecified atom stereocenters. The third-order valence-electron chi connectivity index (χ3n) is 3.93. The Kier molecular flexibility index (Phi) is 6.65. The van der Waals surface area contributed by atoms with Crippen LogP contribution in [0.2, 0.25) is 0 Å². The average molecular weight is 344 g/mol. The summed E-state index contributed by atoms with van der Waals surface area (Å²) in [5.74, 6) is 0. The summed E-state index contributed by atoms with van der Waals surface area (Å²) >= 11 is 0. The highest BCUT2D eigenvalue weighted by Crippen LogP contribution is 2.31. The lowest BCUT2D eigenvalue weighted by molar-refractivity contribution is -0.137. The number of benzene rings is 1. The van der Waals surface area contributed by atoms with Crippen molar-refractivity contribution >= 4 is 5.69 Å². The first-order valence-corrected chi connectivity index (χ1v) is 7.91. The van der Waals surface area contributed by atoms with Crippen LogP contribution >= 0.6 is 0 Å². The van der Waals surface area contributed by atoms with E-state index in [-0.39, 0.29) is 6.61 Å². The van der Waals surface area contributed by atoms with Gasteiger partial charge < -0.3 is 14.7 Å². The molecule has 0 spiro atoms. The minimum absolute atomic E-state index is 0.250. The molecule has 1 aliphatic rings. The fourth-order valence-electron chi connectivity index (χ4n) is 2.71. The smallest absolute Gasteiger partial charge is 0.389 e. The molecule has 1 aromatic rings. The molecule has 2 rings (SSSR count). The summed E-state index contributed by atoms with van der Waals surface area (Å²) < 4.78 is 43.6. The van der Waals surface area contributed by atoms with E-state index in [0.29, 0.717) is 45.0 Å². The van der Waals surface area contributed by atoms with Gasteiger partial charge in [-0.15, -0.1) is 6.58 Å². The van der Waals surface area contributed by atoms with Crippen molar-refractivity contribution in [2.24, 2.45) is 0 Å². The van der Waals surface area contributed by atoms with Crippen molar-refractivity contribution in [1.29, 1.82) is 0 Å². The van der Waals surface area contributed by atoms with Crippen molar-refractivity contribution in [2.45, 2.75) is 12.3 Å². The highest BCUT2D eigenvalue weighted by atomic mass is 19.4. The van der Waals surface area contributed by atoms with Gasteiger partial charge >= 0.3 is 6.18 Å². The molecule has 4 nitrogen and oxygen atoms in total. The average Bonchev–Trinajstić information content (AvgIpc) is 2.55. The van der Waals surface area contributed by atoms with Gasteiger partial charge in [0, 0.05) is 38.4 Å². The van der Waals surface area contributed by atoms with Crippen LogP contribution in [0, 0.1) is 0 Å². The summed E-state index contributed by atoms with van der Waals surface area (Å²) in [6, 6.07) is 5.40. The minimum atomic E-state index is -4.33. The molecular weight excluding hydrogens is 321 g/mol. The largest absolute Gasteiger partial charge is 0.416 e. The standard InChI is InChI=1S/C17H23F3N2O2/c1-2-10-24-13-16(23)12-21-6-8-22(9-7-21)15-5-3-4-14(11-15)17(18,19)20/h2-5,11,16,23H,1,6-10,12-13H2. The number of hydrogen-bond donors (Lipinski definition) is 1. The Balaban J connectivity index is 1.83. The zero-order valence-corrected chi connectivity index (χ0v) is 13.5. The highest BCUT2D eigenvalue weighted by Gasteiger charge is 2.31. The van der Waals surface area contributed by atoms with Gasteiger partial charge in [-0.3, -0.25) is 4.90 Å². The van der Waals surface area contributed by atoms with Crippen molar-refractivity contribution < 1.29 is 23.0 Å². The second-order valence-corrected chi connectivity index (χ2v) is 5.82. The maximum Gasteiger partial charge on any atom is 0.416 e. The molecule has 0 aromatic heterocycles. The molecular formula is C17H23F3N2O2. The molecule has 1 heterocycles. The molecule has 0 radical (unpaired) electrons. The van der Waals surface area contributed by atoms with E-state index in [9.17, 15) is 18.3 Å². The molecule has 1 aliphatic heterocycles. The molecule has 0 saturated carbocycles. The maximum atomic E-state index is 12.8. The van der Waals surface area contributed by atoms with Crippen molar-refractivity contribution in [3.63, 3.8) is 0 Å². The molecule has 0 bridgehead atoms. The summed E-state index contributed by atoms with van der Waals surface area (Å²) in [4.78, 5) is 4.03. The third-order valence-corrected chi connectivity index (χ3v) is 3.93. The quantitative estimate of drug-likeness (QED) is 0.609. The first kappa shape index (κ1) is 18.8. The molecule has 0 amide bonds. The zero-order chi connectivity index (χ0) is 17.6. The Morgan fingerprint density at radius 1 is 1.25 bits per heavy atom. The lowest BCUT2D eigenvalue weighted by atomic mass is 10.1. The molecule has 1 N–H and O–H groups in total. The summed E-state index contributed by atoms with van der Waals surface area (Å²) in [5.41, 5.74) is -0.0449. The topological polar surface area (TPSA) is 35.9 Å². The predicted octanol–water partition coefficient (Wildman–Crippen LogP) is 2.39. The second-order valence-electron chi connectivity index (χ2n) is 5.82. The molecule has 1 saturated heterocycles. The van der Waals surface area contributed by atoms with E-state index in [1.807, 2.05) is 4.90 Å². The Morgan fingerprint density at radius 3 is 2.58 bits per heavy atom. The number of piperazine rings is 1. The normalized spacial score (nSPS) is 17.8. The van der Waals surface area contributed by atoms with Crippen LogP contribution in [0.3, 0.4) is 0 Å². The van der Waals surface area contributed by atoms with Gasteiger partial charge in [-0.2, -0.15) is 13.2 Å². The van der Waals surface area contributed by atoms with Crippen molar-refractivity contribution in [2.75, 3.05) is 50.8 Å². The van der Waals surface area contributed by atoms with E-state index >= 15 is 0 Å². The first-order valence-electron chi connectivity index (χ1n) is 7.91. The number of β-amino-alcohol motifs (C(OH)–C–C–N with tert-alkyl or cyclic N) is 1. The van der Waals surface area contributed by atoms with E-state index < -0.39 is 17.8 Å². The van der Waals surface area contributed by atoms with Crippen LogP contribution in [0.15, 0.2) is 36.9 Å². The van der Waals surface area contributed by atoms with Gasteiger partial charge in [0.1, 0.15) is 0 Å². The maximum absolute atomic E-state index is 12.8. The SMILES string of the molecule is C=CCOCC(O)CN1CCN(c2cccc(C(F)(F)F)c2)CC1. The minimum Gasteiger partial charge on any atom is -0.389 e. The zero-order valence-electron chi connectivity index (χ0n) is 13.5. The van der Waals surface area contributed by atoms with E-state index in [1.54, 1.807) is 12.1 Å². The van der Waals surface area contributed by atoms with E-state index in [2.05, 4.69) is 11.5 Å². The predicted molar refractivity (Wildman–Crippen MR) is 87.1 cm³/mol. The Labute approximate surface area is 140 Å². The molecule has 7 heteroatoms. The summed E-state index contributed by atoms with van der Waals surface area (Å²) in [6.45, 7) is 7.32. The summed E-state index contributed by atoms with van der Waals surface area (Å²) in [5, 5.41) is 9.90. The van der Waals surface area contributed by atoms with Gasteiger partial charge in [-0.25, -0.2) is 0 Å². The van der Waals surface area contributed by atoms with Crippen molar-refractivity contribution in [3.8, 4) is 0 Å². The van der Waals surface area contributed by atoms with Gasteiger partial charge in [-0.1, -0.05) is 12.1 Å². The Hall–Kier alpha value is -1.57. The van der Waals surface area contributed by atoms with Crippen LogP contribution in [0.4, 0.5) is 18.9 Å². The van der Waals surface area contributed by atoms with Crippen LogP contribution in [-0.2, 0) is 10.9 Å². The molecule has 0 aliphatic carbocycles. The second kappa shape index (κ2) is 8.50. The lowest BCUT2D eigenvalue weighted by Gasteiger charge is -2.37. The fourth-order valence-corrected chi connectivity index (χ4v) is 2.71. The van der Waals surface area contributed by atoms with Crippen LogP contribution in [0.25, 0.3) is 0 Å². The monoisotopic (exact) mass is 344 g/mol. The van der Waals surface area contributed by atoms with Crippen molar-refractivity contribution in [1.82, 2.24) is 4.90 Å². The van der Waals surface area contributed by atoms with Gasteiger partial charge in [0.05, 0.1) is 24.9 Å². The fraction of sp³-hybridized carbons (Fsp3) is 0.529. The Morgan fingerprint density at radius 2 is 1.96 bits per heavy atom. The summed E-state index contributed by atoms with van der Waals surface area (Å²) in [7, 11) is 0. The summed E-state index contributed by atoms with van der Waals surface area (Å²) in [6.07, 6.45) is -3.28. The van der Waals surface area contributed by atoms with Gasteiger partial charge in [0.15, 0.2) is 0 Å². The highest BCUT2D eigenvalue weighted by molar-refractivity contribution is 5.49. The van der Waals surface area contributed by atoms with Gasteiger partial charge in [-0.05, 0) is 18.2 Å². The van der Waals surface area contributed by atoms with E-state index in [1.165, 1.54) is 12.1 Å². The lowest BCUT2D eigenvalue weighted by Crippen LogP contribution is -2.49. The number of rotatable bonds is 7.